The van der Waals surface area contributed by atoms with Crippen molar-refractivity contribution in [3.63, 3.8) is 0 Å². The molecule has 3 aromatic rings. The molecule has 6 nitrogen and oxygen atoms in total. The van der Waals surface area contributed by atoms with Crippen LogP contribution < -0.4 is 4.74 Å². The van der Waals surface area contributed by atoms with Crippen LogP contribution in [0.15, 0.2) is 48.8 Å². The zero-order valence-corrected chi connectivity index (χ0v) is 20.1. The van der Waals surface area contributed by atoms with E-state index in [9.17, 15) is 4.39 Å². The van der Waals surface area contributed by atoms with Gasteiger partial charge in [-0.3, -0.25) is 4.90 Å². The largest absolute Gasteiger partial charge is 0.473 e. The van der Waals surface area contributed by atoms with E-state index in [0.717, 1.165) is 57.0 Å². The molecule has 0 aliphatic carbocycles. The molecule has 2 aliphatic heterocycles. The molecule has 8 heteroatoms. The first kappa shape index (κ1) is 23.3. The van der Waals surface area contributed by atoms with Gasteiger partial charge in [-0.1, -0.05) is 23.7 Å². The number of rotatable bonds is 8. The number of hydrogen-bond acceptors (Lipinski definition) is 5. The molecule has 2 atom stereocenters. The second-order valence-corrected chi connectivity index (χ2v) is 9.57. The maximum absolute atomic E-state index is 14.0. The van der Waals surface area contributed by atoms with Crippen LogP contribution in [0.4, 0.5) is 4.39 Å². The van der Waals surface area contributed by atoms with Crippen LogP contribution in [0, 0.1) is 5.82 Å². The van der Waals surface area contributed by atoms with E-state index in [4.69, 9.17) is 26.1 Å². The lowest BCUT2D eigenvalue weighted by atomic mass is 9.92. The van der Waals surface area contributed by atoms with Crippen LogP contribution in [0.2, 0.25) is 5.02 Å². The normalized spacial score (nSPS) is 20.1. The van der Waals surface area contributed by atoms with Gasteiger partial charge in [0.25, 0.3) is 0 Å². The van der Waals surface area contributed by atoms with Crippen molar-refractivity contribution in [2.24, 2.45) is 0 Å². The molecule has 0 amide bonds. The van der Waals surface area contributed by atoms with E-state index >= 15 is 0 Å². The fourth-order valence-corrected chi connectivity index (χ4v) is 4.92. The molecule has 180 valence electrons. The molecule has 2 aromatic heterocycles. The molecule has 1 aromatic carbocycles. The molecule has 0 spiro atoms. The summed E-state index contributed by atoms with van der Waals surface area (Å²) in [6.07, 6.45) is 7.45. The third-order valence-electron chi connectivity index (χ3n) is 6.95. The van der Waals surface area contributed by atoms with E-state index in [1.54, 1.807) is 12.1 Å². The Hall–Kier alpha value is -2.48. The molecule has 34 heavy (non-hydrogen) atoms. The molecular weight excluding hydrogens is 455 g/mol. The highest BCUT2D eigenvalue weighted by atomic mass is 35.5. The van der Waals surface area contributed by atoms with Crippen LogP contribution in [0.3, 0.4) is 0 Å². The first-order valence-electron chi connectivity index (χ1n) is 12.0. The smallest absolute Gasteiger partial charge is 0.213 e. The minimum absolute atomic E-state index is 0.119. The lowest BCUT2D eigenvalue weighted by molar-refractivity contribution is -0.0600. The Bertz CT molecular complexity index is 1110. The number of piperidine rings is 1. The van der Waals surface area contributed by atoms with Gasteiger partial charge in [-0.2, -0.15) is 0 Å². The predicted octanol–water partition coefficient (Wildman–Crippen LogP) is 5.38. The number of halogens is 2. The Balaban J connectivity index is 1.17. The second-order valence-electron chi connectivity index (χ2n) is 9.13. The second kappa shape index (κ2) is 10.4. The van der Waals surface area contributed by atoms with Crippen molar-refractivity contribution in [2.45, 2.75) is 57.4 Å². The Morgan fingerprint density at radius 1 is 1.21 bits per heavy atom. The maximum Gasteiger partial charge on any atom is 0.213 e. The molecule has 2 saturated heterocycles. The van der Waals surface area contributed by atoms with Gasteiger partial charge in [0, 0.05) is 47.3 Å². The number of nitrogens with zero attached hydrogens (tertiary/aromatic N) is 4. The van der Waals surface area contributed by atoms with Crippen molar-refractivity contribution in [2.75, 3.05) is 19.7 Å². The Morgan fingerprint density at radius 2 is 2.03 bits per heavy atom. The maximum atomic E-state index is 14.0. The molecule has 0 unspecified atom stereocenters. The number of aromatic nitrogens is 3. The van der Waals surface area contributed by atoms with Gasteiger partial charge in [0.05, 0.1) is 18.7 Å². The fourth-order valence-electron chi connectivity index (χ4n) is 4.77. The number of likely N-dealkylation sites (tertiary alicyclic amines) is 1. The van der Waals surface area contributed by atoms with Crippen molar-refractivity contribution >= 4 is 11.6 Å². The van der Waals surface area contributed by atoms with Crippen molar-refractivity contribution < 1.29 is 13.9 Å². The summed E-state index contributed by atoms with van der Waals surface area (Å²) in [7, 11) is 0. The molecule has 5 rings (SSSR count). The van der Waals surface area contributed by atoms with E-state index in [-0.39, 0.29) is 18.5 Å². The molecule has 0 N–H and O–H groups in total. The third kappa shape index (κ3) is 5.27. The lowest BCUT2D eigenvalue weighted by Crippen LogP contribution is -2.37. The first-order chi connectivity index (χ1) is 16.6. The van der Waals surface area contributed by atoms with E-state index in [1.165, 1.54) is 6.07 Å². The van der Waals surface area contributed by atoms with Gasteiger partial charge in [-0.15, -0.1) is 0 Å². The zero-order chi connectivity index (χ0) is 23.5. The SMILES string of the molecule is C[C@@H](c1nccn1C[C@@H]1CCO1)N1CCC(c2cccc(OCc3ccc(Cl)cc3F)n2)CC1. The highest BCUT2D eigenvalue weighted by Crippen LogP contribution is 2.32. The summed E-state index contributed by atoms with van der Waals surface area (Å²) in [5, 5.41) is 0.374. The number of imidazole rings is 1. The molecule has 0 saturated carbocycles. The number of benzene rings is 1. The zero-order valence-electron chi connectivity index (χ0n) is 19.4. The minimum atomic E-state index is -0.369. The highest BCUT2D eigenvalue weighted by molar-refractivity contribution is 6.30. The van der Waals surface area contributed by atoms with Crippen molar-refractivity contribution in [3.05, 3.63) is 76.7 Å². The summed E-state index contributed by atoms with van der Waals surface area (Å²) in [6.45, 7) is 6.09. The van der Waals surface area contributed by atoms with Crippen LogP contribution >= 0.6 is 11.6 Å². The first-order valence-corrected chi connectivity index (χ1v) is 12.3. The predicted molar refractivity (Wildman–Crippen MR) is 129 cm³/mol. The summed E-state index contributed by atoms with van der Waals surface area (Å²) in [5.74, 6) is 1.63. The Kier molecular flexibility index (Phi) is 7.13. The summed E-state index contributed by atoms with van der Waals surface area (Å²) in [4.78, 5) is 11.9. The molecule has 2 fully saturated rings. The van der Waals surface area contributed by atoms with Crippen LogP contribution in [0.5, 0.6) is 5.88 Å². The van der Waals surface area contributed by atoms with Crippen molar-refractivity contribution in [1.29, 1.82) is 0 Å². The van der Waals surface area contributed by atoms with Gasteiger partial charge < -0.3 is 14.0 Å². The van der Waals surface area contributed by atoms with Crippen molar-refractivity contribution in [3.8, 4) is 5.88 Å². The monoisotopic (exact) mass is 484 g/mol. The fraction of sp³-hybridized carbons (Fsp3) is 0.462. The van der Waals surface area contributed by atoms with E-state index in [1.807, 2.05) is 18.3 Å². The van der Waals surface area contributed by atoms with Crippen LogP contribution in [0.25, 0.3) is 0 Å². The lowest BCUT2D eigenvalue weighted by Gasteiger charge is -2.36. The molecule has 0 radical (unpaired) electrons. The highest BCUT2D eigenvalue weighted by Gasteiger charge is 2.28. The molecular formula is C26H30ClFN4O2. The molecule has 2 aliphatic rings. The average Bonchev–Trinajstić information content (AvgIpc) is 3.29. The van der Waals surface area contributed by atoms with Crippen LogP contribution in [-0.4, -0.2) is 45.2 Å². The molecule has 0 bridgehead atoms. The Morgan fingerprint density at radius 3 is 2.76 bits per heavy atom. The standard InChI is InChI=1S/C26H30ClFN4O2/c1-18(26-29-10-13-32(26)16-22-9-14-33-22)31-11-7-19(8-12-31)24-3-2-4-25(30-24)34-17-20-5-6-21(27)15-23(20)28/h2-6,10,13,15,18-19,22H,7-9,11-12,14,16-17H2,1H3/t18-,22-/m0/s1. The Labute approximate surface area is 204 Å². The topological polar surface area (TPSA) is 52.4 Å². The number of ether oxygens (including phenoxy) is 2. The number of hydrogen-bond donors (Lipinski definition) is 0. The molecule has 4 heterocycles. The van der Waals surface area contributed by atoms with Gasteiger partial charge in [0.1, 0.15) is 18.2 Å². The number of pyridine rings is 1. The van der Waals surface area contributed by atoms with Gasteiger partial charge in [-0.25, -0.2) is 14.4 Å². The summed E-state index contributed by atoms with van der Waals surface area (Å²) < 4.78 is 27.7. The van der Waals surface area contributed by atoms with E-state index < -0.39 is 0 Å². The van der Waals surface area contributed by atoms with Crippen LogP contribution in [-0.2, 0) is 17.9 Å². The van der Waals surface area contributed by atoms with E-state index in [0.29, 0.717) is 28.5 Å². The van der Waals surface area contributed by atoms with Crippen molar-refractivity contribution in [1.82, 2.24) is 19.4 Å². The van der Waals surface area contributed by atoms with Gasteiger partial charge in [-0.05, 0) is 57.5 Å². The van der Waals surface area contributed by atoms with Gasteiger partial charge >= 0.3 is 0 Å². The van der Waals surface area contributed by atoms with Gasteiger partial charge in [0.2, 0.25) is 5.88 Å². The van der Waals surface area contributed by atoms with Gasteiger partial charge in [0.15, 0.2) is 0 Å². The quantitative estimate of drug-likeness (QED) is 0.429. The summed E-state index contributed by atoms with van der Waals surface area (Å²) >= 11 is 5.83. The summed E-state index contributed by atoms with van der Waals surface area (Å²) in [6, 6.07) is 10.7. The third-order valence-corrected chi connectivity index (χ3v) is 7.18. The summed E-state index contributed by atoms with van der Waals surface area (Å²) in [5.41, 5.74) is 1.49. The van der Waals surface area contributed by atoms with E-state index in [2.05, 4.69) is 33.6 Å². The van der Waals surface area contributed by atoms with Crippen LogP contribution in [0.1, 0.15) is 55.2 Å². The minimum Gasteiger partial charge on any atom is -0.473 e. The average molecular weight is 485 g/mol.